The van der Waals surface area contributed by atoms with Crippen LogP contribution in [0.3, 0.4) is 0 Å². The molecule has 0 atom stereocenters. The van der Waals surface area contributed by atoms with Crippen molar-refractivity contribution in [2.24, 2.45) is 0 Å². The maximum absolute atomic E-state index is 12.8. The monoisotopic (exact) mass is 501 g/mol. The lowest BCUT2D eigenvalue weighted by Crippen LogP contribution is -2.37. The first-order valence-corrected chi connectivity index (χ1v) is 13.7. The number of carbonyl (C=O) groups is 1. The molecule has 0 saturated carbocycles. The van der Waals surface area contributed by atoms with Gasteiger partial charge in [0.05, 0.1) is 22.5 Å². The van der Waals surface area contributed by atoms with Crippen LogP contribution in [0, 0.1) is 20.8 Å². The molecule has 3 aromatic carbocycles. The van der Waals surface area contributed by atoms with E-state index in [-0.39, 0.29) is 4.90 Å². The Labute approximate surface area is 200 Å². The third kappa shape index (κ3) is 5.95. The molecule has 3 aromatic rings. The molecule has 0 aliphatic rings. The fourth-order valence-corrected chi connectivity index (χ4v) is 5.56. The lowest BCUT2D eigenvalue weighted by atomic mass is 10.1. The molecule has 0 fully saturated rings. The van der Waals surface area contributed by atoms with E-state index in [0.717, 1.165) is 21.7 Å². The number of nitrogens with zero attached hydrogens (tertiary/aromatic N) is 1. The Morgan fingerprint density at radius 3 is 1.91 bits per heavy atom. The fraction of sp³-hybridized carbons (Fsp3) is 0.208. The second-order valence-corrected chi connectivity index (χ2v) is 11.6. The molecule has 0 aliphatic heterocycles. The van der Waals surface area contributed by atoms with Crippen LogP contribution >= 0.6 is 0 Å². The van der Waals surface area contributed by atoms with Gasteiger partial charge in [0.25, 0.3) is 10.0 Å². The number of anilines is 3. The van der Waals surface area contributed by atoms with Crippen LogP contribution < -0.4 is 14.3 Å². The average molecular weight is 502 g/mol. The molecular weight excluding hydrogens is 474 g/mol. The van der Waals surface area contributed by atoms with Crippen LogP contribution in [-0.2, 0) is 24.8 Å². The van der Waals surface area contributed by atoms with Crippen molar-refractivity contribution >= 4 is 43.0 Å². The summed E-state index contributed by atoms with van der Waals surface area (Å²) in [7, 11) is -7.54. The number of nitrogens with one attached hydrogen (secondary N) is 2. The van der Waals surface area contributed by atoms with Crippen LogP contribution in [-0.4, -0.2) is 35.5 Å². The van der Waals surface area contributed by atoms with E-state index >= 15 is 0 Å². The molecular formula is C24H27N3O5S2. The molecule has 0 heterocycles. The average Bonchev–Trinajstić information content (AvgIpc) is 2.75. The fourth-order valence-electron chi connectivity index (χ4n) is 3.44. The lowest BCUT2D eigenvalue weighted by molar-refractivity contribution is -0.114. The standard InChI is InChI=1S/C24H27N3O5S2/c1-17-8-5-6-11-22(17)27(33(4,29)30)16-23(28)25-20-12-14-21(15-13-20)34(31,32)26-24-18(2)9-7-10-19(24)3/h5-15,26H,16H2,1-4H3,(H,25,28). The van der Waals surface area contributed by atoms with Gasteiger partial charge in [-0.05, 0) is 67.8 Å². The third-order valence-electron chi connectivity index (χ3n) is 5.24. The third-order valence-corrected chi connectivity index (χ3v) is 7.73. The predicted octanol–water partition coefficient (Wildman–Crippen LogP) is 3.82. The molecule has 0 bridgehead atoms. The molecule has 3 rings (SSSR count). The molecule has 10 heteroatoms. The first-order chi connectivity index (χ1) is 15.9. The summed E-state index contributed by atoms with van der Waals surface area (Å²) < 4.78 is 53.9. The normalized spacial score (nSPS) is 11.6. The lowest BCUT2D eigenvalue weighted by Gasteiger charge is -2.23. The minimum absolute atomic E-state index is 0.0332. The van der Waals surface area contributed by atoms with E-state index in [1.807, 2.05) is 32.0 Å². The molecule has 0 saturated heterocycles. The highest BCUT2D eigenvalue weighted by atomic mass is 32.2. The minimum atomic E-state index is -3.83. The van der Waals surface area contributed by atoms with Crippen LogP contribution in [0.25, 0.3) is 0 Å². The first-order valence-electron chi connectivity index (χ1n) is 10.4. The Balaban J connectivity index is 1.75. The van der Waals surface area contributed by atoms with E-state index in [2.05, 4.69) is 10.0 Å². The summed E-state index contributed by atoms with van der Waals surface area (Å²) in [5.41, 5.74) is 3.60. The van der Waals surface area contributed by atoms with Gasteiger partial charge in [0.2, 0.25) is 15.9 Å². The largest absolute Gasteiger partial charge is 0.325 e. The molecule has 34 heavy (non-hydrogen) atoms. The second-order valence-electron chi connectivity index (χ2n) is 8.00. The predicted molar refractivity (Wildman–Crippen MR) is 135 cm³/mol. The number of hydrogen-bond acceptors (Lipinski definition) is 5. The van der Waals surface area contributed by atoms with Crippen molar-refractivity contribution in [2.75, 3.05) is 27.1 Å². The molecule has 0 radical (unpaired) electrons. The van der Waals surface area contributed by atoms with Crippen molar-refractivity contribution in [2.45, 2.75) is 25.7 Å². The smallest absolute Gasteiger partial charge is 0.261 e. The Bertz CT molecular complexity index is 1400. The summed E-state index contributed by atoms with van der Waals surface area (Å²) in [5, 5.41) is 2.62. The molecule has 0 unspecified atom stereocenters. The van der Waals surface area contributed by atoms with E-state index in [4.69, 9.17) is 0 Å². The van der Waals surface area contributed by atoms with Crippen molar-refractivity contribution < 1.29 is 21.6 Å². The summed E-state index contributed by atoms with van der Waals surface area (Å²) in [6, 6.07) is 18.0. The van der Waals surface area contributed by atoms with Gasteiger partial charge >= 0.3 is 0 Å². The maximum Gasteiger partial charge on any atom is 0.261 e. The Morgan fingerprint density at radius 1 is 0.794 bits per heavy atom. The number of aryl methyl sites for hydroxylation is 3. The van der Waals surface area contributed by atoms with Gasteiger partial charge in [-0.25, -0.2) is 16.8 Å². The van der Waals surface area contributed by atoms with Crippen molar-refractivity contribution in [3.8, 4) is 0 Å². The van der Waals surface area contributed by atoms with Crippen molar-refractivity contribution in [1.29, 1.82) is 0 Å². The molecule has 0 aromatic heterocycles. The van der Waals surface area contributed by atoms with Gasteiger partial charge in [0, 0.05) is 5.69 Å². The molecule has 8 nitrogen and oxygen atoms in total. The number of carbonyl (C=O) groups excluding carboxylic acids is 1. The van der Waals surface area contributed by atoms with Crippen LogP contribution in [0.15, 0.2) is 71.6 Å². The van der Waals surface area contributed by atoms with Crippen molar-refractivity contribution in [1.82, 2.24) is 0 Å². The highest BCUT2D eigenvalue weighted by Crippen LogP contribution is 2.25. The highest BCUT2D eigenvalue weighted by molar-refractivity contribution is 7.92. The van der Waals surface area contributed by atoms with Crippen LogP contribution in [0.5, 0.6) is 0 Å². The molecule has 0 aliphatic carbocycles. The number of sulfonamides is 2. The van der Waals surface area contributed by atoms with Crippen LogP contribution in [0.1, 0.15) is 16.7 Å². The van der Waals surface area contributed by atoms with Crippen molar-refractivity contribution in [3.63, 3.8) is 0 Å². The summed E-state index contributed by atoms with van der Waals surface area (Å²) in [6.07, 6.45) is 1.04. The Hall–Kier alpha value is -3.37. The zero-order chi connectivity index (χ0) is 25.1. The van der Waals surface area contributed by atoms with E-state index in [9.17, 15) is 21.6 Å². The number of para-hydroxylation sites is 2. The van der Waals surface area contributed by atoms with E-state index in [1.54, 1.807) is 31.2 Å². The quantitative estimate of drug-likeness (QED) is 0.487. The zero-order valence-electron chi connectivity index (χ0n) is 19.4. The topological polar surface area (TPSA) is 113 Å². The molecule has 180 valence electrons. The number of hydrogen-bond donors (Lipinski definition) is 2. The van der Waals surface area contributed by atoms with Crippen LogP contribution in [0.2, 0.25) is 0 Å². The van der Waals surface area contributed by atoms with Crippen LogP contribution in [0.4, 0.5) is 17.1 Å². The van der Waals surface area contributed by atoms with Gasteiger partial charge < -0.3 is 5.32 Å². The van der Waals surface area contributed by atoms with Gasteiger partial charge in [-0.15, -0.1) is 0 Å². The molecule has 0 spiro atoms. The second kappa shape index (κ2) is 9.86. The SMILES string of the molecule is Cc1ccccc1N(CC(=O)Nc1ccc(S(=O)(=O)Nc2c(C)cccc2C)cc1)S(C)(=O)=O. The number of rotatable bonds is 8. The van der Waals surface area contributed by atoms with Gasteiger partial charge in [0.1, 0.15) is 6.54 Å². The minimum Gasteiger partial charge on any atom is -0.325 e. The first kappa shape index (κ1) is 25.3. The molecule has 1 amide bonds. The maximum atomic E-state index is 12.8. The summed E-state index contributed by atoms with van der Waals surface area (Å²) >= 11 is 0. The Morgan fingerprint density at radius 2 is 1.35 bits per heavy atom. The molecule has 2 N–H and O–H groups in total. The van der Waals surface area contributed by atoms with E-state index in [0.29, 0.717) is 22.6 Å². The van der Waals surface area contributed by atoms with Gasteiger partial charge in [-0.3, -0.25) is 13.8 Å². The van der Waals surface area contributed by atoms with Crippen molar-refractivity contribution in [3.05, 3.63) is 83.4 Å². The number of benzene rings is 3. The number of amides is 1. The summed E-state index contributed by atoms with van der Waals surface area (Å²) in [5.74, 6) is -0.557. The van der Waals surface area contributed by atoms with Gasteiger partial charge in [0.15, 0.2) is 0 Å². The van der Waals surface area contributed by atoms with E-state index in [1.165, 1.54) is 24.3 Å². The summed E-state index contributed by atoms with van der Waals surface area (Å²) in [6.45, 7) is 4.98. The zero-order valence-corrected chi connectivity index (χ0v) is 21.0. The highest BCUT2D eigenvalue weighted by Gasteiger charge is 2.22. The van der Waals surface area contributed by atoms with Gasteiger partial charge in [-0.2, -0.15) is 0 Å². The summed E-state index contributed by atoms with van der Waals surface area (Å²) in [4.78, 5) is 12.6. The Kier molecular flexibility index (Phi) is 7.32. The van der Waals surface area contributed by atoms with Gasteiger partial charge in [-0.1, -0.05) is 36.4 Å². The van der Waals surface area contributed by atoms with E-state index < -0.39 is 32.5 Å².